The summed E-state index contributed by atoms with van der Waals surface area (Å²) >= 11 is 5.71. The molecule has 0 saturated carbocycles. The number of pyridine rings is 1. The summed E-state index contributed by atoms with van der Waals surface area (Å²) in [4.78, 5) is 14.1. The topological polar surface area (TPSA) is 56.0 Å². The number of aromatic nitrogens is 1. The smallest absolute Gasteiger partial charge is 0.293 e. The maximum Gasteiger partial charge on any atom is 0.293 e. The molecule has 1 rings (SSSR count). The number of nitrogens with two attached hydrogens (primary N) is 1. The van der Waals surface area contributed by atoms with Crippen LogP contribution in [0.2, 0.25) is 5.02 Å². The zero-order valence-electron chi connectivity index (χ0n) is 6.04. The second-order valence-electron chi connectivity index (χ2n) is 1.97. The van der Waals surface area contributed by atoms with Gasteiger partial charge in [-0.15, -0.1) is 0 Å². The minimum absolute atomic E-state index is 0.457. The van der Waals surface area contributed by atoms with Crippen molar-refractivity contribution in [3.8, 4) is 11.8 Å². The van der Waals surface area contributed by atoms with E-state index in [0.29, 0.717) is 10.6 Å². The van der Waals surface area contributed by atoms with E-state index in [4.69, 9.17) is 17.3 Å². The highest BCUT2D eigenvalue weighted by molar-refractivity contribution is 6.31. The fourth-order valence-electron chi connectivity index (χ4n) is 0.598. The lowest BCUT2D eigenvalue weighted by molar-refractivity contribution is -0.112. The molecule has 60 valence electrons. The van der Waals surface area contributed by atoms with Crippen molar-refractivity contribution in [2.45, 2.75) is 0 Å². The summed E-state index contributed by atoms with van der Waals surface area (Å²) in [5, 5.41) is 0.457. The highest BCUT2D eigenvalue weighted by atomic mass is 35.5. The molecule has 12 heavy (non-hydrogen) atoms. The molecule has 0 saturated heterocycles. The van der Waals surface area contributed by atoms with Gasteiger partial charge in [-0.25, -0.2) is 0 Å². The Hall–Kier alpha value is -1.53. The molecular formula is C8H5ClN2O. The van der Waals surface area contributed by atoms with Crippen LogP contribution in [0.25, 0.3) is 0 Å². The first kappa shape index (κ1) is 8.57. The molecule has 0 bridgehead atoms. The van der Waals surface area contributed by atoms with E-state index < -0.39 is 5.91 Å². The maximum atomic E-state index is 10.3. The van der Waals surface area contributed by atoms with E-state index in [1.165, 1.54) is 12.4 Å². The maximum absolute atomic E-state index is 10.3. The molecule has 4 heteroatoms. The van der Waals surface area contributed by atoms with Gasteiger partial charge in [-0.2, -0.15) is 0 Å². The average molecular weight is 181 g/mol. The van der Waals surface area contributed by atoms with Crippen LogP contribution in [0.15, 0.2) is 18.5 Å². The van der Waals surface area contributed by atoms with Crippen LogP contribution in [0, 0.1) is 11.8 Å². The lowest BCUT2D eigenvalue weighted by atomic mass is 10.3. The number of hydrogen-bond acceptors (Lipinski definition) is 2. The highest BCUT2D eigenvalue weighted by Crippen LogP contribution is 2.11. The molecule has 1 amide bonds. The average Bonchev–Trinajstić information content (AvgIpc) is 2.03. The summed E-state index contributed by atoms with van der Waals surface area (Å²) in [6, 6.07) is 1.59. The van der Waals surface area contributed by atoms with Crippen LogP contribution in [-0.2, 0) is 4.79 Å². The number of rotatable bonds is 0. The van der Waals surface area contributed by atoms with Gasteiger partial charge in [-0.1, -0.05) is 17.5 Å². The molecule has 0 aliphatic carbocycles. The first-order chi connectivity index (χ1) is 5.70. The van der Waals surface area contributed by atoms with Gasteiger partial charge in [0.15, 0.2) is 0 Å². The molecule has 0 radical (unpaired) electrons. The minimum Gasteiger partial charge on any atom is -0.359 e. The molecule has 2 N–H and O–H groups in total. The quantitative estimate of drug-likeness (QED) is 0.594. The van der Waals surface area contributed by atoms with Crippen LogP contribution in [0.4, 0.5) is 0 Å². The number of nitrogens with zero attached hydrogens (tertiary/aromatic N) is 1. The first-order valence-electron chi connectivity index (χ1n) is 3.11. The van der Waals surface area contributed by atoms with E-state index in [0.717, 1.165) is 0 Å². The van der Waals surface area contributed by atoms with Crippen molar-refractivity contribution < 1.29 is 4.79 Å². The molecule has 1 aromatic heterocycles. The van der Waals surface area contributed by atoms with Gasteiger partial charge in [-0.05, 0) is 6.07 Å². The van der Waals surface area contributed by atoms with E-state index in [-0.39, 0.29) is 0 Å². The van der Waals surface area contributed by atoms with Crippen molar-refractivity contribution >= 4 is 17.5 Å². The van der Waals surface area contributed by atoms with Crippen molar-refractivity contribution in [1.29, 1.82) is 0 Å². The van der Waals surface area contributed by atoms with E-state index in [1.54, 1.807) is 6.07 Å². The van der Waals surface area contributed by atoms with Crippen molar-refractivity contribution in [2.24, 2.45) is 5.73 Å². The van der Waals surface area contributed by atoms with E-state index in [9.17, 15) is 4.79 Å². The van der Waals surface area contributed by atoms with E-state index in [1.807, 2.05) is 0 Å². The molecule has 0 atom stereocenters. The fourth-order valence-corrected chi connectivity index (χ4v) is 0.751. The third-order valence-corrected chi connectivity index (χ3v) is 1.42. The van der Waals surface area contributed by atoms with Gasteiger partial charge in [0.05, 0.1) is 10.6 Å². The summed E-state index contributed by atoms with van der Waals surface area (Å²) in [6.07, 6.45) is 3.01. The molecule has 0 fully saturated rings. The standard InChI is InChI=1S/C8H5ClN2O/c9-7-3-4-11-5-6(7)1-2-8(10)12/h3-5H,(H2,10,12). The number of hydrogen-bond donors (Lipinski definition) is 1. The zero-order valence-corrected chi connectivity index (χ0v) is 6.80. The molecule has 0 aliphatic rings. The molecule has 3 nitrogen and oxygen atoms in total. The van der Waals surface area contributed by atoms with Crippen LogP contribution in [0.3, 0.4) is 0 Å². The van der Waals surface area contributed by atoms with Crippen LogP contribution >= 0.6 is 11.6 Å². The molecule has 0 aliphatic heterocycles. The Labute approximate surface area is 74.5 Å². The van der Waals surface area contributed by atoms with Gasteiger partial charge < -0.3 is 5.73 Å². The van der Waals surface area contributed by atoms with Gasteiger partial charge in [-0.3, -0.25) is 9.78 Å². The molecular weight excluding hydrogens is 176 g/mol. The van der Waals surface area contributed by atoms with Gasteiger partial charge in [0.1, 0.15) is 0 Å². The van der Waals surface area contributed by atoms with Crippen molar-refractivity contribution in [2.75, 3.05) is 0 Å². The molecule has 0 spiro atoms. The second-order valence-corrected chi connectivity index (χ2v) is 2.38. The SMILES string of the molecule is NC(=O)C#Cc1cnccc1Cl. The lowest BCUT2D eigenvalue weighted by Crippen LogP contribution is -2.06. The monoisotopic (exact) mass is 180 g/mol. The van der Waals surface area contributed by atoms with Crippen LogP contribution in [0.1, 0.15) is 5.56 Å². The van der Waals surface area contributed by atoms with Crippen molar-refractivity contribution in [1.82, 2.24) is 4.98 Å². The van der Waals surface area contributed by atoms with Gasteiger partial charge >= 0.3 is 0 Å². The predicted molar refractivity (Wildman–Crippen MR) is 45.3 cm³/mol. The Bertz CT molecular complexity index is 365. The summed E-state index contributed by atoms with van der Waals surface area (Å²) in [5.41, 5.74) is 5.31. The largest absolute Gasteiger partial charge is 0.359 e. The number of halogens is 1. The lowest BCUT2D eigenvalue weighted by Gasteiger charge is -1.90. The normalized spacial score (nSPS) is 8.42. The summed E-state index contributed by atoms with van der Waals surface area (Å²) in [7, 11) is 0. The minimum atomic E-state index is -0.685. The van der Waals surface area contributed by atoms with Crippen LogP contribution in [-0.4, -0.2) is 10.9 Å². The van der Waals surface area contributed by atoms with E-state index in [2.05, 4.69) is 16.8 Å². The number of primary amides is 1. The number of carbonyl (C=O) groups is 1. The second kappa shape index (κ2) is 3.74. The van der Waals surface area contributed by atoms with Crippen molar-refractivity contribution in [3.05, 3.63) is 29.0 Å². The zero-order chi connectivity index (χ0) is 8.97. The predicted octanol–water partition coefficient (Wildman–Crippen LogP) is 0.572. The molecule has 1 aromatic rings. The van der Waals surface area contributed by atoms with Crippen molar-refractivity contribution in [3.63, 3.8) is 0 Å². The fraction of sp³-hybridized carbons (Fsp3) is 0. The molecule has 0 aromatic carbocycles. The molecule has 1 heterocycles. The Morgan fingerprint density at radius 3 is 3.00 bits per heavy atom. The first-order valence-corrected chi connectivity index (χ1v) is 3.49. The van der Waals surface area contributed by atoms with Gasteiger partial charge in [0, 0.05) is 18.3 Å². The van der Waals surface area contributed by atoms with Gasteiger partial charge in [0.2, 0.25) is 0 Å². The summed E-state index contributed by atoms with van der Waals surface area (Å²) in [5.74, 6) is 3.98. The Balaban J connectivity index is 2.99. The van der Waals surface area contributed by atoms with Crippen LogP contribution < -0.4 is 5.73 Å². The Kier molecular flexibility index (Phi) is 2.67. The third kappa shape index (κ3) is 2.26. The summed E-state index contributed by atoms with van der Waals surface area (Å²) < 4.78 is 0. The van der Waals surface area contributed by atoms with Gasteiger partial charge in [0.25, 0.3) is 5.91 Å². The highest BCUT2D eigenvalue weighted by Gasteiger charge is 1.93. The number of carbonyl (C=O) groups excluding carboxylic acids is 1. The number of amides is 1. The Morgan fingerprint density at radius 2 is 2.42 bits per heavy atom. The third-order valence-electron chi connectivity index (χ3n) is 1.09. The van der Waals surface area contributed by atoms with Crippen LogP contribution in [0.5, 0.6) is 0 Å². The van der Waals surface area contributed by atoms with E-state index >= 15 is 0 Å². The molecule has 0 unspecified atom stereocenters. The summed E-state index contributed by atoms with van der Waals surface area (Å²) in [6.45, 7) is 0. The Morgan fingerprint density at radius 1 is 1.67 bits per heavy atom.